The second kappa shape index (κ2) is 11.4. The number of benzene rings is 2. The van der Waals surface area contributed by atoms with Crippen molar-refractivity contribution in [2.24, 2.45) is 0 Å². The van der Waals surface area contributed by atoms with E-state index in [0.29, 0.717) is 35.9 Å². The van der Waals surface area contributed by atoms with E-state index in [1.165, 1.54) is 0 Å². The zero-order valence-electron chi connectivity index (χ0n) is 16.8. The number of hydrogen-bond donors (Lipinski definition) is 2. The standard InChI is InChI=1S/C21H26N2O6/c1-4-28-21(25)23-16-6-5-7-17(13-16)29-14-20(24)22-11-10-15-8-9-18(26-2)19(12-15)27-3/h5-9,12-13H,4,10-11,14H2,1-3H3,(H,22,24)(H,23,25). The highest BCUT2D eigenvalue weighted by Crippen LogP contribution is 2.27. The van der Waals surface area contributed by atoms with E-state index in [-0.39, 0.29) is 19.1 Å². The Morgan fingerprint density at radius 3 is 2.52 bits per heavy atom. The Labute approximate surface area is 170 Å². The van der Waals surface area contributed by atoms with Gasteiger partial charge < -0.3 is 24.3 Å². The minimum absolute atomic E-state index is 0.130. The summed E-state index contributed by atoms with van der Waals surface area (Å²) in [6, 6.07) is 12.4. The molecule has 0 unspecified atom stereocenters. The number of carbonyl (C=O) groups excluding carboxylic acids is 2. The summed E-state index contributed by atoms with van der Waals surface area (Å²) in [5.41, 5.74) is 1.54. The lowest BCUT2D eigenvalue weighted by atomic mass is 10.1. The molecule has 2 N–H and O–H groups in total. The largest absolute Gasteiger partial charge is 0.493 e. The van der Waals surface area contributed by atoms with Crippen LogP contribution in [0, 0.1) is 0 Å². The first-order valence-electron chi connectivity index (χ1n) is 9.20. The maximum absolute atomic E-state index is 12.0. The zero-order valence-corrected chi connectivity index (χ0v) is 16.8. The Morgan fingerprint density at radius 2 is 1.79 bits per heavy atom. The van der Waals surface area contributed by atoms with Crippen LogP contribution in [-0.4, -0.2) is 46.0 Å². The molecule has 0 fully saturated rings. The monoisotopic (exact) mass is 402 g/mol. The fraction of sp³-hybridized carbons (Fsp3) is 0.333. The number of carbonyl (C=O) groups is 2. The first-order chi connectivity index (χ1) is 14.0. The molecule has 2 aromatic carbocycles. The van der Waals surface area contributed by atoms with Crippen LogP contribution in [0.4, 0.5) is 10.5 Å². The van der Waals surface area contributed by atoms with Crippen molar-refractivity contribution in [2.75, 3.05) is 39.3 Å². The number of anilines is 1. The topological polar surface area (TPSA) is 95.1 Å². The third-order valence-corrected chi connectivity index (χ3v) is 3.91. The van der Waals surface area contributed by atoms with E-state index >= 15 is 0 Å². The number of methoxy groups -OCH3 is 2. The highest BCUT2D eigenvalue weighted by Gasteiger charge is 2.07. The fourth-order valence-electron chi connectivity index (χ4n) is 2.53. The average molecular weight is 402 g/mol. The van der Waals surface area contributed by atoms with Gasteiger partial charge in [-0.15, -0.1) is 0 Å². The molecule has 0 aliphatic carbocycles. The molecule has 0 bridgehead atoms. The number of hydrogen-bond acceptors (Lipinski definition) is 6. The highest BCUT2D eigenvalue weighted by molar-refractivity contribution is 5.84. The summed E-state index contributed by atoms with van der Waals surface area (Å²) < 4.78 is 20.8. The van der Waals surface area contributed by atoms with Gasteiger partial charge in [0.15, 0.2) is 18.1 Å². The zero-order chi connectivity index (χ0) is 21.1. The maximum atomic E-state index is 12.0. The van der Waals surface area contributed by atoms with Crippen LogP contribution in [0.1, 0.15) is 12.5 Å². The van der Waals surface area contributed by atoms with Crippen molar-refractivity contribution in [1.82, 2.24) is 5.32 Å². The lowest BCUT2D eigenvalue weighted by Gasteiger charge is -2.11. The van der Waals surface area contributed by atoms with Crippen LogP contribution in [0.5, 0.6) is 17.2 Å². The van der Waals surface area contributed by atoms with Gasteiger partial charge in [0.2, 0.25) is 0 Å². The summed E-state index contributed by atoms with van der Waals surface area (Å²) in [7, 11) is 3.17. The summed E-state index contributed by atoms with van der Waals surface area (Å²) in [4.78, 5) is 23.5. The Balaban J connectivity index is 1.77. The molecular weight excluding hydrogens is 376 g/mol. The molecule has 8 nitrogen and oxygen atoms in total. The smallest absolute Gasteiger partial charge is 0.411 e. The molecule has 0 heterocycles. The summed E-state index contributed by atoms with van der Waals surface area (Å²) in [6.07, 6.45) is 0.1000. The van der Waals surface area contributed by atoms with Gasteiger partial charge in [-0.3, -0.25) is 10.1 Å². The molecule has 2 rings (SSSR count). The summed E-state index contributed by atoms with van der Waals surface area (Å²) in [5.74, 6) is 1.54. The van der Waals surface area contributed by atoms with Crippen molar-refractivity contribution >= 4 is 17.7 Å². The predicted molar refractivity (Wildman–Crippen MR) is 109 cm³/mol. The van der Waals surface area contributed by atoms with Crippen LogP contribution < -0.4 is 24.8 Å². The normalized spacial score (nSPS) is 10.0. The molecular formula is C21H26N2O6. The van der Waals surface area contributed by atoms with E-state index in [1.807, 2.05) is 18.2 Å². The van der Waals surface area contributed by atoms with Gasteiger partial charge in [-0.05, 0) is 43.2 Å². The Hall–Kier alpha value is -3.42. The van der Waals surface area contributed by atoms with Crippen molar-refractivity contribution in [1.29, 1.82) is 0 Å². The van der Waals surface area contributed by atoms with Gasteiger partial charge in [0.1, 0.15) is 5.75 Å². The van der Waals surface area contributed by atoms with Gasteiger partial charge >= 0.3 is 6.09 Å². The minimum Gasteiger partial charge on any atom is -0.493 e. The van der Waals surface area contributed by atoms with E-state index in [4.69, 9.17) is 18.9 Å². The number of ether oxygens (including phenoxy) is 4. The lowest BCUT2D eigenvalue weighted by molar-refractivity contribution is -0.123. The van der Waals surface area contributed by atoms with E-state index in [2.05, 4.69) is 10.6 Å². The summed E-state index contributed by atoms with van der Waals surface area (Å²) >= 11 is 0. The number of nitrogens with one attached hydrogen (secondary N) is 2. The molecule has 2 amide bonds. The van der Waals surface area contributed by atoms with Gasteiger partial charge in [0, 0.05) is 18.3 Å². The molecule has 0 aliphatic heterocycles. The number of amides is 2. The van der Waals surface area contributed by atoms with Crippen LogP contribution in [0.25, 0.3) is 0 Å². The molecule has 29 heavy (non-hydrogen) atoms. The van der Waals surface area contributed by atoms with Crippen molar-refractivity contribution in [3.05, 3.63) is 48.0 Å². The van der Waals surface area contributed by atoms with Crippen molar-refractivity contribution in [3.8, 4) is 17.2 Å². The van der Waals surface area contributed by atoms with Crippen LogP contribution in [0.2, 0.25) is 0 Å². The van der Waals surface area contributed by atoms with Gasteiger partial charge in [-0.25, -0.2) is 4.79 Å². The van der Waals surface area contributed by atoms with Gasteiger partial charge in [0.25, 0.3) is 5.91 Å². The SMILES string of the molecule is CCOC(=O)Nc1cccc(OCC(=O)NCCc2ccc(OC)c(OC)c2)c1. The molecule has 2 aromatic rings. The molecule has 8 heteroatoms. The second-order valence-electron chi connectivity index (χ2n) is 5.95. The Kier molecular flexibility index (Phi) is 8.62. The Bertz CT molecular complexity index is 825. The average Bonchev–Trinajstić information content (AvgIpc) is 2.72. The molecule has 0 saturated heterocycles. The molecule has 0 spiro atoms. The summed E-state index contributed by atoms with van der Waals surface area (Å²) in [6.45, 7) is 2.34. The van der Waals surface area contributed by atoms with Crippen molar-refractivity contribution in [3.63, 3.8) is 0 Å². The van der Waals surface area contributed by atoms with Crippen molar-refractivity contribution in [2.45, 2.75) is 13.3 Å². The van der Waals surface area contributed by atoms with Gasteiger partial charge in [-0.1, -0.05) is 12.1 Å². The van der Waals surface area contributed by atoms with Crippen LogP contribution in [-0.2, 0) is 16.0 Å². The lowest BCUT2D eigenvalue weighted by Crippen LogP contribution is -2.30. The van der Waals surface area contributed by atoms with Crippen molar-refractivity contribution < 1.29 is 28.5 Å². The first-order valence-corrected chi connectivity index (χ1v) is 9.20. The molecule has 0 atom stereocenters. The minimum atomic E-state index is -0.544. The van der Waals surface area contributed by atoms with E-state index in [9.17, 15) is 9.59 Å². The molecule has 0 radical (unpaired) electrons. The first kappa shape index (κ1) is 21.9. The number of rotatable bonds is 10. The third kappa shape index (κ3) is 7.25. The van der Waals surface area contributed by atoms with Crippen LogP contribution in [0.3, 0.4) is 0 Å². The summed E-state index contributed by atoms with van der Waals surface area (Å²) in [5, 5.41) is 5.39. The van der Waals surface area contributed by atoms with E-state index in [1.54, 1.807) is 45.4 Å². The third-order valence-electron chi connectivity index (χ3n) is 3.91. The molecule has 0 aliphatic rings. The van der Waals surface area contributed by atoms with Gasteiger partial charge in [0.05, 0.1) is 20.8 Å². The Morgan fingerprint density at radius 1 is 1.00 bits per heavy atom. The fourth-order valence-corrected chi connectivity index (χ4v) is 2.53. The molecule has 156 valence electrons. The van der Waals surface area contributed by atoms with Crippen LogP contribution >= 0.6 is 0 Å². The molecule has 0 aromatic heterocycles. The quantitative estimate of drug-likeness (QED) is 0.634. The van der Waals surface area contributed by atoms with Crippen LogP contribution in [0.15, 0.2) is 42.5 Å². The van der Waals surface area contributed by atoms with Gasteiger partial charge in [-0.2, -0.15) is 0 Å². The predicted octanol–water partition coefficient (Wildman–Crippen LogP) is 3.01. The van der Waals surface area contributed by atoms with E-state index in [0.717, 1.165) is 5.56 Å². The molecule has 0 saturated carbocycles. The highest BCUT2D eigenvalue weighted by atomic mass is 16.5. The van der Waals surface area contributed by atoms with E-state index < -0.39 is 6.09 Å². The maximum Gasteiger partial charge on any atom is 0.411 e. The second-order valence-corrected chi connectivity index (χ2v) is 5.95.